The summed E-state index contributed by atoms with van der Waals surface area (Å²) < 4.78 is 0. The Hall–Kier alpha value is -0.610. The standard InChI is InChI=1S/C15H28N2O2/c1-13-6-9-16(10-7-13)15(19)12-17(8-3-11-18)14-4-2-5-14/h13-14,18H,2-12H2,1H3. The summed E-state index contributed by atoms with van der Waals surface area (Å²) >= 11 is 0. The van der Waals surface area contributed by atoms with Crippen molar-refractivity contribution in [2.45, 2.75) is 51.5 Å². The van der Waals surface area contributed by atoms with Gasteiger partial charge in [-0.3, -0.25) is 9.69 Å². The molecule has 1 aliphatic heterocycles. The number of amides is 1. The Morgan fingerprint density at radius 3 is 2.47 bits per heavy atom. The lowest BCUT2D eigenvalue weighted by Gasteiger charge is -2.39. The summed E-state index contributed by atoms with van der Waals surface area (Å²) in [5.41, 5.74) is 0. The number of carbonyl (C=O) groups excluding carboxylic acids is 1. The molecule has 4 nitrogen and oxygen atoms in total. The van der Waals surface area contributed by atoms with Crippen molar-refractivity contribution in [2.75, 3.05) is 32.8 Å². The second kappa shape index (κ2) is 7.25. The van der Waals surface area contributed by atoms with Gasteiger partial charge in [-0.05, 0) is 38.0 Å². The fourth-order valence-electron chi connectivity index (χ4n) is 2.95. The zero-order valence-corrected chi connectivity index (χ0v) is 12.2. The molecule has 0 aromatic heterocycles. The third kappa shape index (κ3) is 4.18. The summed E-state index contributed by atoms with van der Waals surface area (Å²) in [4.78, 5) is 16.7. The molecule has 110 valence electrons. The van der Waals surface area contributed by atoms with Crippen molar-refractivity contribution in [3.05, 3.63) is 0 Å². The Kier molecular flexibility index (Phi) is 5.64. The normalized spacial score (nSPS) is 21.7. The predicted molar refractivity (Wildman–Crippen MR) is 75.9 cm³/mol. The van der Waals surface area contributed by atoms with E-state index in [0.717, 1.165) is 44.8 Å². The van der Waals surface area contributed by atoms with Gasteiger partial charge in [-0.15, -0.1) is 0 Å². The Labute approximate surface area is 116 Å². The third-order valence-electron chi connectivity index (χ3n) is 4.67. The van der Waals surface area contributed by atoms with Crippen molar-refractivity contribution >= 4 is 5.91 Å². The summed E-state index contributed by atoms with van der Waals surface area (Å²) in [7, 11) is 0. The van der Waals surface area contributed by atoms with Gasteiger partial charge in [0.05, 0.1) is 6.54 Å². The van der Waals surface area contributed by atoms with Crippen molar-refractivity contribution in [1.29, 1.82) is 0 Å². The number of piperidine rings is 1. The van der Waals surface area contributed by atoms with Gasteiger partial charge in [0.1, 0.15) is 0 Å². The number of aliphatic hydroxyl groups excluding tert-OH is 1. The van der Waals surface area contributed by atoms with E-state index >= 15 is 0 Å². The first-order chi connectivity index (χ1) is 9.20. The van der Waals surface area contributed by atoms with Crippen LogP contribution < -0.4 is 0 Å². The van der Waals surface area contributed by atoms with Crippen molar-refractivity contribution in [3.8, 4) is 0 Å². The Bertz CT molecular complexity index is 284. The summed E-state index contributed by atoms with van der Waals surface area (Å²) in [6.07, 6.45) is 6.79. The Morgan fingerprint density at radius 1 is 1.26 bits per heavy atom. The van der Waals surface area contributed by atoms with Gasteiger partial charge in [0.25, 0.3) is 0 Å². The molecule has 19 heavy (non-hydrogen) atoms. The maximum absolute atomic E-state index is 12.3. The Balaban J connectivity index is 1.80. The largest absolute Gasteiger partial charge is 0.396 e. The molecule has 1 N–H and O–H groups in total. The molecule has 0 unspecified atom stereocenters. The smallest absolute Gasteiger partial charge is 0.236 e. The van der Waals surface area contributed by atoms with Crippen LogP contribution in [-0.2, 0) is 4.79 Å². The number of hydrogen-bond acceptors (Lipinski definition) is 3. The van der Waals surface area contributed by atoms with Gasteiger partial charge in [-0.2, -0.15) is 0 Å². The van der Waals surface area contributed by atoms with Crippen molar-refractivity contribution < 1.29 is 9.90 Å². The van der Waals surface area contributed by atoms with Gasteiger partial charge in [-0.1, -0.05) is 13.3 Å². The molecule has 1 amide bonds. The molecule has 2 rings (SSSR count). The lowest BCUT2D eigenvalue weighted by atomic mass is 9.91. The van der Waals surface area contributed by atoms with Crippen molar-refractivity contribution in [2.24, 2.45) is 5.92 Å². The molecule has 0 radical (unpaired) electrons. The van der Waals surface area contributed by atoms with Crippen LogP contribution >= 0.6 is 0 Å². The van der Waals surface area contributed by atoms with Crippen LogP contribution in [0.15, 0.2) is 0 Å². The average Bonchev–Trinajstić information content (AvgIpc) is 2.34. The van der Waals surface area contributed by atoms with E-state index in [2.05, 4.69) is 11.8 Å². The number of hydrogen-bond donors (Lipinski definition) is 1. The van der Waals surface area contributed by atoms with Gasteiger partial charge in [0.15, 0.2) is 0 Å². The minimum absolute atomic E-state index is 0.221. The molecule has 0 spiro atoms. The third-order valence-corrected chi connectivity index (χ3v) is 4.67. The van der Waals surface area contributed by atoms with Crippen LogP contribution in [0, 0.1) is 5.92 Å². The second-order valence-corrected chi connectivity index (χ2v) is 6.20. The lowest BCUT2D eigenvalue weighted by Crippen LogP contribution is -2.49. The molecule has 2 aliphatic rings. The molecule has 0 aromatic carbocycles. The van der Waals surface area contributed by atoms with Crippen LogP contribution in [0.4, 0.5) is 0 Å². The number of likely N-dealkylation sites (tertiary alicyclic amines) is 1. The SMILES string of the molecule is CC1CCN(C(=O)CN(CCCO)C2CCC2)CC1. The zero-order chi connectivity index (χ0) is 13.7. The highest BCUT2D eigenvalue weighted by molar-refractivity contribution is 5.78. The number of aliphatic hydroxyl groups is 1. The highest BCUT2D eigenvalue weighted by Gasteiger charge is 2.28. The summed E-state index contributed by atoms with van der Waals surface area (Å²) in [5.74, 6) is 1.05. The molecule has 4 heteroatoms. The first-order valence-corrected chi connectivity index (χ1v) is 7.83. The van der Waals surface area contributed by atoms with Gasteiger partial charge in [0, 0.05) is 32.3 Å². The fourth-order valence-corrected chi connectivity index (χ4v) is 2.95. The van der Waals surface area contributed by atoms with E-state index in [1.165, 1.54) is 19.3 Å². The number of rotatable bonds is 6. The number of nitrogens with zero attached hydrogens (tertiary/aromatic N) is 2. The van der Waals surface area contributed by atoms with Crippen molar-refractivity contribution in [3.63, 3.8) is 0 Å². The quantitative estimate of drug-likeness (QED) is 0.793. The minimum atomic E-state index is 0.221. The van der Waals surface area contributed by atoms with E-state index in [0.29, 0.717) is 12.6 Å². The van der Waals surface area contributed by atoms with Crippen LogP contribution in [0.3, 0.4) is 0 Å². The highest BCUT2D eigenvalue weighted by atomic mass is 16.3. The topological polar surface area (TPSA) is 43.8 Å². The molecule has 0 aromatic rings. The molecule has 0 atom stereocenters. The molecule has 2 fully saturated rings. The van der Waals surface area contributed by atoms with Gasteiger partial charge >= 0.3 is 0 Å². The van der Waals surface area contributed by atoms with Gasteiger partial charge < -0.3 is 10.0 Å². The average molecular weight is 268 g/mol. The molecule has 0 bridgehead atoms. The maximum atomic E-state index is 12.3. The monoisotopic (exact) mass is 268 g/mol. The molecule has 1 heterocycles. The van der Waals surface area contributed by atoms with Crippen LogP contribution in [0.2, 0.25) is 0 Å². The van der Waals surface area contributed by atoms with Gasteiger partial charge in [0.2, 0.25) is 5.91 Å². The number of carbonyl (C=O) groups is 1. The zero-order valence-electron chi connectivity index (χ0n) is 12.2. The lowest BCUT2D eigenvalue weighted by molar-refractivity contribution is -0.134. The minimum Gasteiger partial charge on any atom is -0.396 e. The fraction of sp³-hybridized carbons (Fsp3) is 0.933. The summed E-state index contributed by atoms with van der Waals surface area (Å²) in [6, 6.07) is 0.583. The molecular formula is C15H28N2O2. The molecule has 1 aliphatic carbocycles. The van der Waals surface area contributed by atoms with E-state index in [9.17, 15) is 4.79 Å². The predicted octanol–water partition coefficient (Wildman–Crippen LogP) is 1.48. The van der Waals surface area contributed by atoms with Crippen molar-refractivity contribution in [1.82, 2.24) is 9.80 Å². The second-order valence-electron chi connectivity index (χ2n) is 6.20. The first-order valence-electron chi connectivity index (χ1n) is 7.83. The van der Waals surface area contributed by atoms with Gasteiger partial charge in [-0.25, -0.2) is 0 Å². The molecular weight excluding hydrogens is 240 g/mol. The van der Waals surface area contributed by atoms with E-state index < -0.39 is 0 Å². The van der Waals surface area contributed by atoms with E-state index in [4.69, 9.17) is 5.11 Å². The van der Waals surface area contributed by atoms with Crippen LogP contribution in [-0.4, -0.2) is 59.6 Å². The van der Waals surface area contributed by atoms with Crippen LogP contribution in [0.5, 0.6) is 0 Å². The molecule has 1 saturated carbocycles. The Morgan fingerprint density at radius 2 is 1.95 bits per heavy atom. The highest BCUT2D eigenvalue weighted by Crippen LogP contribution is 2.25. The van der Waals surface area contributed by atoms with E-state index in [-0.39, 0.29) is 12.5 Å². The first kappa shape index (κ1) is 14.8. The summed E-state index contributed by atoms with van der Waals surface area (Å²) in [6.45, 7) is 5.76. The van der Waals surface area contributed by atoms with Crippen LogP contribution in [0.1, 0.15) is 45.4 Å². The van der Waals surface area contributed by atoms with Crippen LogP contribution in [0.25, 0.3) is 0 Å². The van der Waals surface area contributed by atoms with E-state index in [1.807, 2.05) is 4.90 Å². The summed E-state index contributed by atoms with van der Waals surface area (Å²) in [5, 5.41) is 8.98. The maximum Gasteiger partial charge on any atom is 0.236 e. The molecule has 1 saturated heterocycles. The van der Waals surface area contributed by atoms with E-state index in [1.54, 1.807) is 0 Å².